The van der Waals surface area contributed by atoms with Crippen molar-refractivity contribution in [1.29, 1.82) is 0 Å². The summed E-state index contributed by atoms with van der Waals surface area (Å²) in [6.07, 6.45) is 3.87. The molecule has 1 aromatic heterocycles. The predicted molar refractivity (Wildman–Crippen MR) is 130 cm³/mol. The summed E-state index contributed by atoms with van der Waals surface area (Å²) in [6, 6.07) is 18.5. The van der Waals surface area contributed by atoms with Crippen molar-refractivity contribution in [3.8, 4) is 11.5 Å². The number of nitrogens with zero attached hydrogens (tertiary/aromatic N) is 2. The molecule has 2 amide bonds. The van der Waals surface area contributed by atoms with Gasteiger partial charge in [-0.3, -0.25) is 9.59 Å². The van der Waals surface area contributed by atoms with Gasteiger partial charge >= 0.3 is 0 Å². The molecule has 0 bridgehead atoms. The van der Waals surface area contributed by atoms with Crippen LogP contribution in [0.25, 0.3) is 0 Å². The van der Waals surface area contributed by atoms with Crippen LogP contribution in [0.15, 0.2) is 84.0 Å². The molecule has 0 saturated carbocycles. The third-order valence-electron chi connectivity index (χ3n) is 5.39. The van der Waals surface area contributed by atoms with Crippen molar-refractivity contribution < 1.29 is 23.5 Å². The molecule has 0 spiro atoms. The fourth-order valence-corrected chi connectivity index (χ4v) is 3.58. The number of hydrogen-bond acceptors (Lipinski definition) is 5. The monoisotopic (exact) mass is 462 g/mol. The Kier molecular flexibility index (Phi) is 8.91. The van der Waals surface area contributed by atoms with Gasteiger partial charge in [-0.15, -0.1) is 6.58 Å². The standard InChI is InChI=1S/C27H30N2O5/c1-4-15-29(27(31)24-13-12-22(32-2)18-25(24)33-3)20-26(30)28(19-23-11-8-17-34-23)16-14-21-9-6-5-7-10-21/h4-13,17-18H,1,14-16,19-20H2,2-3H3. The highest BCUT2D eigenvalue weighted by atomic mass is 16.5. The number of furan rings is 1. The normalized spacial score (nSPS) is 10.4. The third kappa shape index (κ3) is 6.51. The van der Waals surface area contributed by atoms with Crippen LogP contribution < -0.4 is 9.47 Å². The maximum absolute atomic E-state index is 13.4. The maximum Gasteiger partial charge on any atom is 0.258 e. The minimum Gasteiger partial charge on any atom is -0.497 e. The number of amides is 2. The molecule has 7 heteroatoms. The molecule has 0 radical (unpaired) electrons. The van der Waals surface area contributed by atoms with Crippen LogP contribution in [-0.4, -0.2) is 55.5 Å². The Balaban J connectivity index is 1.78. The Morgan fingerprint density at radius 3 is 2.44 bits per heavy atom. The Hall–Kier alpha value is -4.00. The molecule has 2 aromatic carbocycles. The van der Waals surface area contributed by atoms with E-state index in [4.69, 9.17) is 13.9 Å². The molecule has 0 unspecified atom stereocenters. The Morgan fingerprint density at radius 1 is 1.00 bits per heavy atom. The largest absolute Gasteiger partial charge is 0.497 e. The lowest BCUT2D eigenvalue weighted by molar-refractivity contribution is -0.132. The molecule has 0 atom stereocenters. The number of ether oxygens (including phenoxy) is 2. The van der Waals surface area contributed by atoms with E-state index in [9.17, 15) is 9.59 Å². The fourth-order valence-electron chi connectivity index (χ4n) is 3.58. The molecule has 0 aliphatic rings. The summed E-state index contributed by atoms with van der Waals surface area (Å²) >= 11 is 0. The summed E-state index contributed by atoms with van der Waals surface area (Å²) in [5.74, 6) is 1.12. The number of methoxy groups -OCH3 is 2. The molecule has 0 N–H and O–H groups in total. The highest BCUT2D eigenvalue weighted by molar-refractivity contribution is 5.99. The first-order valence-corrected chi connectivity index (χ1v) is 11.0. The molecule has 0 fully saturated rings. The number of benzene rings is 2. The second-order valence-electron chi connectivity index (χ2n) is 7.67. The lowest BCUT2D eigenvalue weighted by Gasteiger charge is -2.27. The van der Waals surface area contributed by atoms with Crippen LogP contribution >= 0.6 is 0 Å². The summed E-state index contributed by atoms with van der Waals surface area (Å²) in [7, 11) is 3.03. The van der Waals surface area contributed by atoms with Gasteiger partial charge in [0.1, 0.15) is 23.8 Å². The first-order chi connectivity index (χ1) is 16.5. The number of rotatable bonds is 12. The van der Waals surface area contributed by atoms with Gasteiger partial charge in [0.05, 0.1) is 32.6 Å². The summed E-state index contributed by atoms with van der Waals surface area (Å²) in [5.41, 5.74) is 1.47. The second kappa shape index (κ2) is 12.3. The first kappa shape index (κ1) is 24.6. The van der Waals surface area contributed by atoms with Crippen molar-refractivity contribution >= 4 is 11.8 Å². The van der Waals surface area contributed by atoms with E-state index in [1.165, 1.54) is 12.0 Å². The van der Waals surface area contributed by atoms with Crippen molar-refractivity contribution in [2.75, 3.05) is 33.9 Å². The predicted octanol–water partition coefficient (Wildman–Crippen LogP) is 4.20. The highest BCUT2D eigenvalue weighted by Crippen LogP contribution is 2.26. The van der Waals surface area contributed by atoms with Crippen molar-refractivity contribution in [3.63, 3.8) is 0 Å². The molecule has 178 valence electrons. The SMILES string of the molecule is C=CCN(CC(=O)N(CCc1ccccc1)Cc1ccco1)C(=O)c1ccc(OC)cc1OC. The van der Waals surface area contributed by atoms with Crippen molar-refractivity contribution in [2.24, 2.45) is 0 Å². The van der Waals surface area contributed by atoms with Gasteiger partial charge in [-0.2, -0.15) is 0 Å². The summed E-state index contributed by atoms with van der Waals surface area (Å²) in [5, 5.41) is 0. The van der Waals surface area contributed by atoms with Crippen LogP contribution in [-0.2, 0) is 17.8 Å². The van der Waals surface area contributed by atoms with Crippen molar-refractivity contribution in [2.45, 2.75) is 13.0 Å². The number of carbonyl (C=O) groups excluding carboxylic acids is 2. The van der Waals surface area contributed by atoms with Gasteiger partial charge < -0.3 is 23.7 Å². The second-order valence-corrected chi connectivity index (χ2v) is 7.67. The van der Waals surface area contributed by atoms with Gasteiger partial charge in [0.2, 0.25) is 5.91 Å². The Bertz CT molecular complexity index is 1080. The van der Waals surface area contributed by atoms with E-state index < -0.39 is 0 Å². The van der Waals surface area contributed by atoms with Crippen LogP contribution in [0.5, 0.6) is 11.5 Å². The average molecular weight is 463 g/mol. The molecule has 3 aromatic rings. The summed E-state index contributed by atoms with van der Waals surface area (Å²) in [6.45, 7) is 4.68. The number of hydrogen-bond donors (Lipinski definition) is 0. The molecule has 0 saturated heterocycles. The van der Waals surface area contributed by atoms with Gasteiger partial charge in [-0.1, -0.05) is 36.4 Å². The van der Waals surface area contributed by atoms with E-state index in [-0.39, 0.29) is 24.9 Å². The third-order valence-corrected chi connectivity index (χ3v) is 5.39. The summed E-state index contributed by atoms with van der Waals surface area (Å²) in [4.78, 5) is 29.9. The molecular formula is C27H30N2O5. The zero-order valence-corrected chi connectivity index (χ0v) is 19.6. The quantitative estimate of drug-likeness (QED) is 0.377. The lowest BCUT2D eigenvalue weighted by Crippen LogP contribution is -2.43. The van der Waals surface area contributed by atoms with E-state index >= 15 is 0 Å². The molecule has 0 aliphatic carbocycles. The Labute approximate surface area is 200 Å². The van der Waals surface area contributed by atoms with Crippen molar-refractivity contribution in [3.05, 3.63) is 96.5 Å². The minimum atomic E-state index is -0.325. The van der Waals surface area contributed by atoms with Crippen molar-refractivity contribution in [1.82, 2.24) is 9.80 Å². The fraction of sp³-hybridized carbons (Fsp3) is 0.259. The van der Waals surface area contributed by atoms with E-state index in [2.05, 4.69) is 6.58 Å². The maximum atomic E-state index is 13.4. The number of carbonyl (C=O) groups is 2. The molecule has 3 rings (SSSR count). The van der Waals surface area contributed by atoms with Crippen LogP contribution in [0.1, 0.15) is 21.7 Å². The molecule has 0 aliphatic heterocycles. The topological polar surface area (TPSA) is 72.2 Å². The van der Waals surface area contributed by atoms with Gasteiger partial charge in [-0.05, 0) is 36.2 Å². The van der Waals surface area contributed by atoms with E-state index in [0.717, 1.165) is 5.56 Å². The Morgan fingerprint density at radius 2 is 1.79 bits per heavy atom. The van der Waals surface area contributed by atoms with E-state index in [1.807, 2.05) is 36.4 Å². The minimum absolute atomic E-state index is 0.102. The smallest absolute Gasteiger partial charge is 0.258 e. The zero-order valence-electron chi connectivity index (χ0n) is 19.6. The zero-order chi connectivity index (χ0) is 24.3. The van der Waals surface area contributed by atoms with E-state index in [0.29, 0.717) is 42.3 Å². The van der Waals surface area contributed by atoms with Crippen LogP contribution in [0, 0.1) is 0 Å². The first-order valence-electron chi connectivity index (χ1n) is 11.0. The van der Waals surface area contributed by atoms with Gasteiger partial charge in [0, 0.05) is 19.2 Å². The van der Waals surface area contributed by atoms with Gasteiger partial charge in [0.15, 0.2) is 0 Å². The molecule has 1 heterocycles. The van der Waals surface area contributed by atoms with Gasteiger partial charge in [-0.25, -0.2) is 0 Å². The van der Waals surface area contributed by atoms with E-state index in [1.54, 1.807) is 48.6 Å². The van der Waals surface area contributed by atoms with Crippen LogP contribution in [0.3, 0.4) is 0 Å². The summed E-state index contributed by atoms with van der Waals surface area (Å²) < 4.78 is 16.1. The average Bonchev–Trinajstić information content (AvgIpc) is 3.39. The van der Waals surface area contributed by atoms with Crippen LogP contribution in [0.2, 0.25) is 0 Å². The lowest BCUT2D eigenvalue weighted by atomic mass is 10.1. The molecule has 34 heavy (non-hydrogen) atoms. The molecular weight excluding hydrogens is 432 g/mol. The van der Waals surface area contributed by atoms with Crippen LogP contribution in [0.4, 0.5) is 0 Å². The van der Waals surface area contributed by atoms with Gasteiger partial charge in [0.25, 0.3) is 5.91 Å². The highest BCUT2D eigenvalue weighted by Gasteiger charge is 2.24. The molecule has 7 nitrogen and oxygen atoms in total.